The molecule has 0 spiro atoms. The summed E-state index contributed by atoms with van der Waals surface area (Å²) in [6, 6.07) is 10.0. The van der Waals surface area contributed by atoms with Gasteiger partial charge < -0.3 is 4.74 Å². The van der Waals surface area contributed by atoms with Crippen LogP contribution in [-0.2, 0) is 11.3 Å². The molecule has 2 rings (SSSR count). The third kappa shape index (κ3) is 3.85. The summed E-state index contributed by atoms with van der Waals surface area (Å²) < 4.78 is 5.18. The largest absolute Gasteiger partial charge is 0.449 e. The SMILES string of the molecule is CCOC(=O)N(Cc1ccccc1)C1=CCCCC1. The van der Waals surface area contributed by atoms with Gasteiger partial charge in [-0.1, -0.05) is 36.4 Å². The van der Waals surface area contributed by atoms with Gasteiger partial charge in [-0.15, -0.1) is 0 Å². The molecular formula is C16H21NO2. The van der Waals surface area contributed by atoms with Crippen molar-refractivity contribution >= 4 is 6.09 Å². The highest BCUT2D eigenvalue weighted by molar-refractivity contribution is 5.70. The van der Waals surface area contributed by atoms with Crippen molar-refractivity contribution in [1.82, 2.24) is 4.90 Å². The van der Waals surface area contributed by atoms with Crippen LogP contribution in [0.5, 0.6) is 0 Å². The Hall–Kier alpha value is -1.77. The van der Waals surface area contributed by atoms with E-state index in [1.807, 2.05) is 37.3 Å². The van der Waals surface area contributed by atoms with Crippen LogP contribution in [0.2, 0.25) is 0 Å². The molecule has 3 nitrogen and oxygen atoms in total. The van der Waals surface area contributed by atoms with Crippen LogP contribution in [-0.4, -0.2) is 17.6 Å². The zero-order valence-electron chi connectivity index (χ0n) is 11.5. The Kier molecular flexibility index (Phi) is 5.01. The quantitative estimate of drug-likeness (QED) is 0.814. The number of rotatable bonds is 4. The highest BCUT2D eigenvalue weighted by atomic mass is 16.6. The van der Waals surface area contributed by atoms with E-state index in [2.05, 4.69) is 6.08 Å². The summed E-state index contributed by atoms with van der Waals surface area (Å²) >= 11 is 0. The van der Waals surface area contributed by atoms with Gasteiger partial charge in [0, 0.05) is 5.70 Å². The molecule has 0 bridgehead atoms. The Morgan fingerprint density at radius 2 is 2.05 bits per heavy atom. The molecule has 0 saturated carbocycles. The van der Waals surface area contributed by atoms with E-state index < -0.39 is 0 Å². The van der Waals surface area contributed by atoms with Crippen molar-refractivity contribution in [2.45, 2.75) is 39.2 Å². The second kappa shape index (κ2) is 6.98. The molecule has 0 aromatic heterocycles. The molecule has 1 aliphatic carbocycles. The van der Waals surface area contributed by atoms with Gasteiger partial charge in [-0.2, -0.15) is 0 Å². The Morgan fingerprint density at radius 3 is 2.68 bits per heavy atom. The van der Waals surface area contributed by atoms with Crippen LogP contribution in [0, 0.1) is 0 Å². The van der Waals surface area contributed by atoms with Crippen LogP contribution in [0.3, 0.4) is 0 Å². The molecule has 0 saturated heterocycles. The second-order valence-electron chi connectivity index (χ2n) is 4.71. The lowest BCUT2D eigenvalue weighted by Gasteiger charge is -2.27. The van der Waals surface area contributed by atoms with Crippen molar-refractivity contribution in [1.29, 1.82) is 0 Å². The summed E-state index contributed by atoms with van der Waals surface area (Å²) in [6.45, 7) is 2.84. The van der Waals surface area contributed by atoms with E-state index in [0.29, 0.717) is 13.2 Å². The molecule has 1 aromatic carbocycles. The van der Waals surface area contributed by atoms with Crippen molar-refractivity contribution in [2.75, 3.05) is 6.61 Å². The number of nitrogens with zero attached hydrogens (tertiary/aromatic N) is 1. The predicted molar refractivity (Wildman–Crippen MR) is 75.6 cm³/mol. The number of ether oxygens (including phenoxy) is 1. The maximum absolute atomic E-state index is 12.1. The molecule has 0 aliphatic heterocycles. The lowest BCUT2D eigenvalue weighted by Crippen LogP contribution is -2.31. The summed E-state index contributed by atoms with van der Waals surface area (Å²) in [5, 5.41) is 0. The first-order valence-electron chi connectivity index (χ1n) is 6.98. The lowest BCUT2D eigenvalue weighted by molar-refractivity contribution is 0.114. The van der Waals surface area contributed by atoms with E-state index in [1.165, 1.54) is 6.42 Å². The maximum atomic E-state index is 12.1. The number of benzene rings is 1. The summed E-state index contributed by atoms with van der Waals surface area (Å²) in [5.74, 6) is 0. The topological polar surface area (TPSA) is 29.5 Å². The highest BCUT2D eigenvalue weighted by Gasteiger charge is 2.20. The molecule has 0 unspecified atom stereocenters. The molecule has 3 heteroatoms. The fourth-order valence-corrected chi connectivity index (χ4v) is 2.32. The molecule has 0 heterocycles. The fourth-order valence-electron chi connectivity index (χ4n) is 2.32. The summed E-state index contributed by atoms with van der Waals surface area (Å²) in [5.41, 5.74) is 2.23. The fraction of sp³-hybridized carbons (Fsp3) is 0.438. The molecule has 0 fully saturated rings. The molecule has 1 aromatic rings. The standard InChI is InChI=1S/C16H21NO2/c1-2-19-16(18)17(15-11-7-4-8-12-15)13-14-9-5-3-6-10-14/h3,5-6,9-11H,2,4,7-8,12-13H2,1H3. The molecule has 1 amide bonds. The highest BCUT2D eigenvalue weighted by Crippen LogP contribution is 2.23. The Balaban J connectivity index is 2.14. The smallest absolute Gasteiger partial charge is 0.414 e. The van der Waals surface area contributed by atoms with Gasteiger partial charge in [-0.05, 0) is 38.2 Å². The zero-order valence-corrected chi connectivity index (χ0v) is 11.5. The van der Waals surface area contributed by atoms with Crippen LogP contribution in [0.25, 0.3) is 0 Å². The minimum atomic E-state index is -0.237. The average molecular weight is 259 g/mol. The molecule has 0 atom stereocenters. The number of carbonyl (C=O) groups is 1. The van der Waals surface area contributed by atoms with Gasteiger partial charge in [0.15, 0.2) is 0 Å². The Labute approximate surface area is 114 Å². The molecule has 0 N–H and O–H groups in total. The first-order valence-corrected chi connectivity index (χ1v) is 6.98. The van der Waals surface area contributed by atoms with Crippen LogP contribution in [0.1, 0.15) is 38.2 Å². The molecular weight excluding hydrogens is 238 g/mol. The number of hydrogen-bond donors (Lipinski definition) is 0. The second-order valence-corrected chi connectivity index (χ2v) is 4.71. The summed E-state index contributed by atoms with van der Waals surface area (Å²) in [6.07, 6.45) is 6.32. The number of amides is 1. The molecule has 102 valence electrons. The minimum Gasteiger partial charge on any atom is -0.449 e. The first-order chi connectivity index (χ1) is 9.31. The van der Waals surface area contributed by atoms with E-state index in [4.69, 9.17) is 4.74 Å². The van der Waals surface area contributed by atoms with Crippen molar-refractivity contribution in [3.8, 4) is 0 Å². The number of carbonyl (C=O) groups excluding carboxylic acids is 1. The van der Waals surface area contributed by atoms with E-state index in [1.54, 1.807) is 4.90 Å². The van der Waals surface area contributed by atoms with Gasteiger partial charge in [0.05, 0.1) is 13.2 Å². The van der Waals surface area contributed by atoms with Gasteiger partial charge in [0.25, 0.3) is 0 Å². The average Bonchev–Trinajstić information content (AvgIpc) is 2.47. The van der Waals surface area contributed by atoms with Crippen LogP contribution >= 0.6 is 0 Å². The van der Waals surface area contributed by atoms with Gasteiger partial charge >= 0.3 is 6.09 Å². The predicted octanol–water partition coefficient (Wildman–Crippen LogP) is 4.10. The first kappa shape index (κ1) is 13.7. The third-order valence-corrected chi connectivity index (χ3v) is 3.29. The van der Waals surface area contributed by atoms with E-state index in [-0.39, 0.29) is 6.09 Å². The molecule has 19 heavy (non-hydrogen) atoms. The summed E-state index contributed by atoms with van der Waals surface area (Å²) in [4.78, 5) is 13.9. The Bertz CT molecular complexity index is 439. The lowest BCUT2D eigenvalue weighted by atomic mass is 10.0. The zero-order chi connectivity index (χ0) is 13.5. The molecule has 1 aliphatic rings. The minimum absolute atomic E-state index is 0.237. The third-order valence-electron chi connectivity index (χ3n) is 3.29. The van der Waals surface area contributed by atoms with Crippen molar-refractivity contribution in [3.63, 3.8) is 0 Å². The number of allylic oxidation sites excluding steroid dienone is 2. The van der Waals surface area contributed by atoms with Gasteiger partial charge in [0.2, 0.25) is 0 Å². The normalized spacial score (nSPS) is 14.7. The summed E-state index contributed by atoms with van der Waals surface area (Å²) in [7, 11) is 0. The van der Waals surface area contributed by atoms with Crippen LogP contribution in [0.15, 0.2) is 42.1 Å². The number of hydrogen-bond acceptors (Lipinski definition) is 2. The van der Waals surface area contributed by atoms with Crippen molar-refractivity contribution in [3.05, 3.63) is 47.7 Å². The van der Waals surface area contributed by atoms with Crippen molar-refractivity contribution < 1.29 is 9.53 Å². The van der Waals surface area contributed by atoms with Gasteiger partial charge in [-0.3, -0.25) is 4.90 Å². The van der Waals surface area contributed by atoms with E-state index in [9.17, 15) is 4.79 Å². The molecule has 0 radical (unpaired) electrons. The Morgan fingerprint density at radius 1 is 1.26 bits per heavy atom. The van der Waals surface area contributed by atoms with Gasteiger partial charge in [0.1, 0.15) is 0 Å². The maximum Gasteiger partial charge on any atom is 0.414 e. The monoisotopic (exact) mass is 259 g/mol. The van der Waals surface area contributed by atoms with Crippen LogP contribution in [0.4, 0.5) is 4.79 Å². The van der Waals surface area contributed by atoms with Crippen LogP contribution < -0.4 is 0 Å². The van der Waals surface area contributed by atoms with Crippen molar-refractivity contribution in [2.24, 2.45) is 0 Å². The van der Waals surface area contributed by atoms with Gasteiger partial charge in [-0.25, -0.2) is 4.79 Å². The van der Waals surface area contributed by atoms with E-state index in [0.717, 1.165) is 30.5 Å². The van der Waals surface area contributed by atoms with E-state index >= 15 is 0 Å².